The third kappa shape index (κ3) is 4.22. The van der Waals surface area contributed by atoms with E-state index in [0.29, 0.717) is 24.5 Å². The molecule has 106 valence electrons. The van der Waals surface area contributed by atoms with E-state index in [0.717, 1.165) is 6.54 Å². The summed E-state index contributed by atoms with van der Waals surface area (Å²) in [5.41, 5.74) is 0. The predicted molar refractivity (Wildman–Crippen MR) is 72.6 cm³/mol. The van der Waals surface area contributed by atoms with E-state index in [1.54, 1.807) is 0 Å². The monoisotopic (exact) mass is 266 g/mol. The third-order valence-corrected chi connectivity index (χ3v) is 3.28. The molecule has 1 aliphatic carbocycles. The molecule has 6 nitrogen and oxygen atoms in total. The summed E-state index contributed by atoms with van der Waals surface area (Å²) < 4.78 is 10.7. The summed E-state index contributed by atoms with van der Waals surface area (Å²) in [6.07, 6.45) is 6.43. The average molecular weight is 266 g/mol. The molecule has 19 heavy (non-hydrogen) atoms. The van der Waals surface area contributed by atoms with Crippen molar-refractivity contribution < 1.29 is 9.47 Å². The highest BCUT2D eigenvalue weighted by Gasteiger charge is 2.15. The van der Waals surface area contributed by atoms with E-state index < -0.39 is 0 Å². The van der Waals surface area contributed by atoms with Crippen LogP contribution in [0.3, 0.4) is 0 Å². The van der Waals surface area contributed by atoms with Crippen molar-refractivity contribution in [2.24, 2.45) is 5.92 Å². The molecule has 0 amide bonds. The van der Waals surface area contributed by atoms with Gasteiger partial charge in [-0.3, -0.25) is 0 Å². The molecular weight excluding hydrogens is 244 g/mol. The number of hydrogen-bond acceptors (Lipinski definition) is 6. The number of anilines is 1. The van der Waals surface area contributed by atoms with E-state index in [9.17, 15) is 0 Å². The minimum atomic E-state index is 0.282. The number of rotatable bonds is 6. The maximum atomic E-state index is 5.69. The smallest absolute Gasteiger partial charge is 0.324 e. The van der Waals surface area contributed by atoms with E-state index in [2.05, 4.69) is 20.3 Å². The van der Waals surface area contributed by atoms with Gasteiger partial charge >= 0.3 is 12.0 Å². The van der Waals surface area contributed by atoms with E-state index in [-0.39, 0.29) is 6.01 Å². The molecule has 0 spiro atoms. The van der Waals surface area contributed by atoms with Crippen molar-refractivity contribution in [1.29, 1.82) is 0 Å². The van der Waals surface area contributed by atoms with Crippen LogP contribution in [0, 0.1) is 5.92 Å². The summed E-state index contributed by atoms with van der Waals surface area (Å²) in [6, 6.07) is 0.623. The Morgan fingerprint density at radius 2 is 1.84 bits per heavy atom. The molecule has 0 aliphatic heterocycles. The highest BCUT2D eigenvalue weighted by molar-refractivity contribution is 5.27. The van der Waals surface area contributed by atoms with Crippen LogP contribution in [-0.4, -0.2) is 35.2 Å². The summed E-state index contributed by atoms with van der Waals surface area (Å²) in [5.74, 6) is 1.12. The van der Waals surface area contributed by atoms with Gasteiger partial charge in [-0.05, 0) is 25.7 Å². The van der Waals surface area contributed by atoms with E-state index in [1.807, 2.05) is 6.92 Å². The molecule has 1 heterocycles. The van der Waals surface area contributed by atoms with Gasteiger partial charge in [-0.15, -0.1) is 4.98 Å². The summed E-state index contributed by atoms with van der Waals surface area (Å²) in [6.45, 7) is 3.41. The standard InChI is InChI=1S/C13H22N4O2/c1-3-14-11-15-12(18-2)17-13(16-11)19-9-10-7-5-4-6-8-10/h10H,3-9H2,1-2H3,(H,14,15,16,17). The van der Waals surface area contributed by atoms with Crippen LogP contribution >= 0.6 is 0 Å². The van der Waals surface area contributed by atoms with Crippen LogP contribution in [0.4, 0.5) is 5.95 Å². The topological polar surface area (TPSA) is 69.2 Å². The lowest BCUT2D eigenvalue weighted by molar-refractivity contribution is 0.193. The molecule has 2 rings (SSSR count). The van der Waals surface area contributed by atoms with Gasteiger partial charge in [-0.25, -0.2) is 0 Å². The number of ether oxygens (including phenoxy) is 2. The molecule has 1 fully saturated rings. The Labute approximate surface area is 114 Å². The third-order valence-electron chi connectivity index (χ3n) is 3.28. The maximum Gasteiger partial charge on any atom is 0.324 e. The lowest BCUT2D eigenvalue weighted by Gasteiger charge is -2.21. The number of aromatic nitrogens is 3. The van der Waals surface area contributed by atoms with Crippen molar-refractivity contribution in [3.05, 3.63) is 0 Å². The summed E-state index contributed by atoms with van der Waals surface area (Å²) in [7, 11) is 1.54. The second-order valence-corrected chi connectivity index (χ2v) is 4.77. The summed E-state index contributed by atoms with van der Waals surface area (Å²) in [4.78, 5) is 12.4. The van der Waals surface area contributed by atoms with Crippen LogP contribution in [0.15, 0.2) is 0 Å². The summed E-state index contributed by atoms with van der Waals surface area (Å²) >= 11 is 0. The maximum absolute atomic E-state index is 5.69. The van der Waals surface area contributed by atoms with Crippen LogP contribution in [-0.2, 0) is 0 Å². The zero-order chi connectivity index (χ0) is 13.5. The fraction of sp³-hybridized carbons (Fsp3) is 0.769. The molecule has 0 radical (unpaired) electrons. The number of nitrogens with zero attached hydrogens (tertiary/aromatic N) is 3. The molecule has 1 aromatic rings. The largest absolute Gasteiger partial charge is 0.467 e. The number of methoxy groups -OCH3 is 1. The van der Waals surface area contributed by atoms with Crippen molar-refractivity contribution in [1.82, 2.24) is 15.0 Å². The van der Waals surface area contributed by atoms with Crippen molar-refractivity contribution in [2.75, 3.05) is 25.6 Å². The van der Waals surface area contributed by atoms with Crippen LogP contribution in [0.25, 0.3) is 0 Å². The Morgan fingerprint density at radius 3 is 2.53 bits per heavy atom. The quantitative estimate of drug-likeness (QED) is 0.851. The van der Waals surface area contributed by atoms with Crippen LogP contribution < -0.4 is 14.8 Å². The molecule has 0 bridgehead atoms. The second-order valence-electron chi connectivity index (χ2n) is 4.77. The van der Waals surface area contributed by atoms with Crippen molar-refractivity contribution >= 4 is 5.95 Å². The lowest BCUT2D eigenvalue weighted by atomic mass is 9.90. The molecule has 0 saturated heterocycles. The van der Waals surface area contributed by atoms with Crippen molar-refractivity contribution in [2.45, 2.75) is 39.0 Å². The second kappa shape index (κ2) is 7.11. The van der Waals surface area contributed by atoms with Crippen LogP contribution in [0.1, 0.15) is 39.0 Å². The van der Waals surface area contributed by atoms with Gasteiger partial charge < -0.3 is 14.8 Å². The predicted octanol–water partition coefficient (Wildman–Crippen LogP) is 2.27. The van der Waals surface area contributed by atoms with Crippen molar-refractivity contribution in [3.63, 3.8) is 0 Å². The summed E-state index contributed by atoms with van der Waals surface area (Å²) in [5, 5.41) is 3.04. The molecule has 0 atom stereocenters. The Morgan fingerprint density at radius 1 is 1.11 bits per heavy atom. The van der Waals surface area contributed by atoms with E-state index >= 15 is 0 Å². The number of hydrogen-bond donors (Lipinski definition) is 1. The van der Waals surface area contributed by atoms with Crippen LogP contribution in [0.5, 0.6) is 12.0 Å². The molecule has 6 heteroatoms. The minimum absolute atomic E-state index is 0.282. The van der Waals surface area contributed by atoms with Gasteiger partial charge in [0.25, 0.3) is 0 Å². The fourth-order valence-corrected chi connectivity index (χ4v) is 2.28. The van der Waals surface area contributed by atoms with Gasteiger partial charge in [-0.2, -0.15) is 9.97 Å². The molecular formula is C13H22N4O2. The Balaban J connectivity index is 1.95. The van der Waals surface area contributed by atoms with E-state index in [1.165, 1.54) is 39.2 Å². The Bertz CT molecular complexity index is 394. The first-order valence-electron chi connectivity index (χ1n) is 6.98. The average Bonchev–Trinajstić information content (AvgIpc) is 2.46. The SMILES string of the molecule is CCNc1nc(OC)nc(OCC2CCCCC2)n1. The Kier molecular flexibility index (Phi) is 5.18. The normalized spacial score (nSPS) is 16.1. The minimum Gasteiger partial charge on any atom is -0.467 e. The lowest BCUT2D eigenvalue weighted by Crippen LogP contribution is -2.17. The van der Waals surface area contributed by atoms with Gasteiger partial charge in [0.15, 0.2) is 0 Å². The first kappa shape index (κ1) is 13.8. The van der Waals surface area contributed by atoms with E-state index in [4.69, 9.17) is 9.47 Å². The molecule has 1 aromatic heterocycles. The van der Waals surface area contributed by atoms with Gasteiger partial charge in [0.2, 0.25) is 5.95 Å². The highest BCUT2D eigenvalue weighted by atomic mass is 16.5. The first-order chi connectivity index (χ1) is 9.31. The molecule has 1 aliphatic rings. The molecule has 0 aromatic carbocycles. The molecule has 1 N–H and O–H groups in total. The van der Waals surface area contributed by atoms with Gasteiger partial charge in [0.1, 0.15) is 0 Å². The van der Waals surface area contributed by atoms with Crippen molar-refractivity contribution in [3.8, 4) is 12.0 Å². The zero-order valence-corrected chi connectivity index (χ0v) is 11.7. The first-order valence-corrected chi connectivity index (χ1v) is 6.98. The molecule has 0 unspecified atom stereocenters. The zero-order valence-electron chi connectivity index (χ0n) is 11.7. The highest BCUT2D eigenvalue weighted by Crippen LogP contribution is 2.24. The van der Waals surface area contributed by atoms with Gasteiger partial charge in [-0.1, -0.05) is 19.3 Å². The Hall–Kier alpha value is -1.59. The fourth-order valence-electron chi connectivity index (χ4n) is 2.28. The van der Waals surface area contributed by atoms with Gasteiger partial charge in [0, 0.05) is 6.54 Å². The van der Waals surface area contributed by atoms with Gasteiger partial charge in [0.05, 0.1) is 13.7 Å². The van der Waals surface area contributed by atoms with Crippen LogP contribution in [0.2, 0.25) is 0 Å². The molecule has 1 saturated carbocycles. The number of nitrogens with one attached hydrogen (secondary N) is 1.